The lowest BCUT2D eigenvalue weighted by Crippen LogP contribution is -2.38. The Morgan fingerprint density at radius 3 is 2.50 bits per heavy atom. The molecular weight excluding hydrogens is 276 g/mol. The van der Waals surface area contributed by atoms with Gasteiger partial charge in [0.2, 0.25) is 17.7 Å². The molecule has 0 spiro atoms. The minimum Gasteiger partial charge on any atom is -0.369 e. The van der Waals surface area contributed by atoms with Crippen molar-refractivity contribution in [2.24, 2.45) is 17.6 Å². The minimum atomic E-state index is -0.226. The van der Waals surface area contributed by atoms with E-state index in [1.54, 1.807) is 11.8 Å². The average Bonchev–Trinajstić information content (AvgIpc) is 2.68. The molecule has 0 bridgehead atoms. The SMILES string of the molecule is CCSC1CC(=O)N(CC2CCC(C(N)=O)CC2)C1=O. The van der Waals surface area contributed by atoms with Crippen molar-refractivity contribution in [3.8, 4) is 0 Å². The molecule has 2 aliphatic rings. The molecule has 3 amide bonds. The van der Waals surface area contributed by atoms with Crippen LogP contribution in [-0.2, 0) is 14.4 Å². The van der Waals surface area contributed by atoms with Gasteiger partial charge in [-0.05, 0) is 37.4 Å². The highest BCUT2D eigenvalue weighted by Crippen LogP contribution is 2.32. The van der Waals surface area contributed by atoms with Gasteiger partial charge >= 0.3 is 0 Å². The van der Waals surface area contributed by atoms with Crippen LogP contribution >= 0.6 is 11.8 Å². The maximum atomic E-state index is 12.2. The van der Waals surface area contributed by atoms with Crippen LogP contribution in [0.3, 0.4) is 0 Å². The second-order valence-corrected chi connectivity index (χ2v) is 7.09. The van der Waals surface area contributed by atoms with Gasteiger partial charge in [-0.1, -0.05) is 6.92 Å². The highest BCUT2D eigenvalue weighted by atomic mass is 32.2. The fourth-order valence-corrected chi connectivity index (χ4v) is 4.00. The molecule has 20 heavy (non-hydrogen) atoms. The second kappa shape index (κ2) is 6.61. The van der Waals surface area contributed by atoms with E-state index in [4.69, 9.17) is 5.73 Å². The Balaban J connectivity index is 1.86. The first-order chi connectivity index (χ1) is 9.52. The van der Waals surface area contributed by atoms with Crippen LogP contribution in [0.4, 0.5) is 0 Å². The van der Waals surface area contributed by atoms with E-state index in [9.17, 15) is 14.4 Å². The molecule has 1 unspecified atom stereocenters. The van der Waals surface area contributed by atoms with Gasteiger partial charge in [0.05, 0.1) is 5.25 Å². The van der Waals surface area contributed by atoms with Crippen LogP contribution in [0.1, 0.15) is 39.0 Å². The topological polar surface area (TPSA) is 80.5 Å². The molecular formula is C14H22N2O3S. The third-order valence-electron chi connectivity index (χ3n) is 4.26. The number of hydrogen-bond acceptors (Lipinski definition) is 4. The van der Waals surface area contributed by atoms with Gasteiger partial charge in [-0.3, -0.25) is 19.3 Å². The lowest BCUT2D eigenvalue weighted by Gasteiger charge is -2.29. The first kappa shape index (κ1) is 15.4. The van der Waals surface area contributed by atoms with Crippen LogP contribution in [0.5, 0.6) is 0 Å². The van der Waals surface area contributed by atoms with Crippen molar-refractivity contribution in [3.63, 3.8) is 0 Å². The monoisotopic (exact) mass is 298 g/mol. The normalized spacial score (nSPS) is 30.9. The number of primary amides is 1. The van der Waals surface area contributed by atoms with E-state index in [2.05, 4.69) is 0 Å². The molecule has 1 saturated heterocycles. The Kier molecular flexibility index (Phi) is 5.07. The van der Waals surface area contributed by atoms with Crippen molar-refractivity contribution in [2.45, 2.75) is 44.3 Å². The van der Waals surface area contributed by atoms with Gasteiger partial charge in [0.25, 0.3) is 0 Å². The summed E-state index contributed by atoms with van der Waals surface area (Å²) in [6.45, 7) is 2.51. The lowest BCUT2D eigenvalue weighted by molar-refractivity contribution is -0.139. The van der Waals surface area contributed by atoms with Crippen molar-refractivity contribution >= 4 is 29.5 Å². The predicted molar refractivity (Wildman–Crippen MR) is 77.9 cm³/mol. The molecule has 6 heteroatoms. The summed E-state index contributed by atoms with van der Waals surface area (Å²) < 4.78 is 0. The third-order valence-corrected chi connectivity index (χ3v) is 5.36. The summed E-state index contributed by atoms with van der Waals surface area (Å²) >= 11 is 1.55. The quantitative estimate of drug-likeness (QED) is 0.772. The molecule has 0 aromatic carbocycles. The number of carbonyl (C=O) groups excluding carboxylic acids is 3. The summed E-state index contributed by atoms with van der Waals surface area (Å²) in [5.74, 6) is 0.845. The molecule has 2 rings (SSSR count). The largest absolute Gasteiger partial charge is 0.369 e. The van der Waals surface area contributed by atoms with Crippen molar-refractivity contribution in [1.82, 2.24) is 4.90 Å². The summed E-state index contributed by atoms with van der Waals surface area (Å²) in [5.41, 5.74) is 5.31. The smallest absolute Gasteiger partial charge is 0.242 e. The van der Waals surface area contributed by atoms with Crippen molar-refractivity contribution < 1.29 is 14.4 Å². The highest BCUT2D eigenvalue weighted by Gasteiger charge is 2.39. The minimum absolute atomic E-state index is 0.0281. The molecule has 112 valence electrons. The lowest BCUT2D eigenvalue weighted by atomic mass is 9.81. The molecule has 0 aromatic rings. The van der Waals surface area contributed by atoms with Crippen LogP contribution in [0, 0.1) is 11.8 Å². The summed E-state index contributed by atoms with van der Waals surface area (Å²) in [6.07, 6.45) is 3.65. The summed E-state index contributed by atoms with van der Waals surface area (Å²) in [6, 6.07) is 0. The van der Waals surface area contributed by atoms with Crippen LogP contribution in [0.2, 0.25) is 0 Å². The number of thioether (sulfide) groups is 1. The maximum Gasteiger partial charge on any atom is 0.242 e. The Morgan fingerprint density at radius 2 is 1.95 bits per heavy atom. The zero-order valence-electron chi connectivity index (χ0n) is 11.8. The number of carbonyl (C=O) groups is 3. The van der Waals surface area contributed by atoms with E-state index in [1.807, 2.05) is 6.92 Å². The van der Waals surface area contributed by atoms with Gasteiger partial charge in [-0.2, -0.15) is 0 Å². The average molecular weight is 298 g/mol. The number of amides is 3. The number of nitrogens with two attached hydrogens (primary N) is 1. The van der Waals surface area contributed by atoms with E-state index in [1.165, 1.54) is 4.90 Å². The number of hydrogen-bond donors (Lipinski definition) is 1. The van der Waals surface area contributed by atoms with E-state index < -0.39 is 0 Å². The molecule has 2 N–H and O–H groups in total. The molecule has 2 fully saturated rings. The summed E-state index contributed by atoms with van der Waals surface area (Å²) in [4.78, 5) is 36.7. The maximum absolute atomic E-state index is 12.2. The van der Waals surface area contributed by atoms with E-state index in [0.717, 1.165) is 31.4 Å². The van der Waals surface area contributed by atoms with Gasteiger partial charge in [0.1, 0.15) is 0 Å². The van der Waals surface area contributed by atoms with E-state index in [0.29, 0.717) is 18.9 Å². The van der Waals surface area contributed by atoms with Crippen LogP contribution in [0.15, 0.2) is 0 Å². The van der Waals surface area contributed by atoms with Crippen LogP contribution in [-0.4, -0.2) is 40.2 Å². The molecule has 5 nitrogen and oxygen atoms in total. The number of likely N-dealkylation sites (tertiary alicyclic amines) is 1. The highest BCUT2D eigenvalue weighted by molar-refractivity contribution is 8.00. The molecule has 0 radical (unpaired) electrons. The fraction of sp³-hybridized carbons (Fsp3) is 0.786. The van der Waals surface area contributed by atoms with Crippen molar-refractivity contribution in [1.29, 1.82) is 0 Å². The molecule has 1 saturated carbocycles. The van der Waals surface area contributed by atoms with E-state index >= 15 is 0 Å². The number of rotatable bonds is 5. The Hall–Kier alpha value is -1.04. The zero-order valence-corrected chi connectivity index (χ0v) is 12.7. The number of imide groups is 1. The molecule has 1 heterocycles. The first-order valence-electron chi connectivity index (χ1n) is 7.28. The Bertz CT molecular complexity index is 405. The van der Waals surface area contributed by atoms with Crippen molar-refractivity contribution in [2.75, 3.05) is 12.3 Å². The summed E-state index contributed by atoms with van der Waals surface area (Å²) in [7, 11) is 0. The van der Waals surface area contributed by atoms with Gasteiger partial charge in [0, 0.05) is 18.9 Å². The third kappa shape index (κ3) is 3.34. The molecule has 1 atom stereocenters. The standard InChI is InChI=1S/C14H22N2O3S/c1-2-20-11-7-12(17)16(14(11)19)8-9-3-5-10(6-4-9)13(15)18/h9-11H,2-8H2,1H3,(H2,15,18). The van der Waals surface area contributed by atoms with Gasteiger partial charge in [0.15, 0.2) is 0 Å². The van der Waals surface area contributed by atoms with Crippen LogP contribution in [0.25, 0.3) is 0 Å². The van der Waals surface area contributed by atoms with Gasteiger partial charge in [-0.25, -0.2) is 0 Å². The summed E-state index contributed by atoms with van der Waals surface area (Å²) in [5, 5.41) is -0.186. The fourth-order valence-electron chi connectivity index (χ4n) is 3.06. The molecule has 0 aromatic heterocycles. The number of nitrogens with zero attached hydrogens (tertiary/aromatic N) is 1. The zero-order chi connectivity index (χ0) is 14.7. The van der Waals surface area contributed by atoms with Crippen LogP contribution < -0.4 is 5.73 Å². The molecule has 1 aliphatic heterocycles. The Labute approximate surface area is 123 Å². The van der Waals surface area contributed by atoms with Gasteiger partial charge < -0.3 is 5.73 Å². The van der Waals surface area contributed by atoms with Crippen molar-refractivity contribution in [3.05, 3.63) is 0 Å². The van der Waals surface area contributed by atoms with E-state index in [-0.39, 0.29) is 28.9 Å². The second-order valence-electron chi connectivity index (χ2n) is 5.61. The Morgan fingerprint density at radius 1 is 1.30 bits per heavy atom. The van der Waals surface area contributed by atoms with Gasteiger partial charge in [-0.15, -0.1) is 11.8 Å². The molecule has 1 aliphatic carbocycles. The predicted octanol–water partition coefficient (Wildman–Crippen LogP) is 1.16. The first-order valence-corrected chi connectivity index (χ1v) is 8.33.